The fourth-order valence-corrected chi connectivity index (χ4v) is 3.39. The van der Waals surface area contributed by atoms with Gasteiger partial charge in [0.2, 0.25) is 5.91 Å². The lowest BCUT2D eigenvalue weighted by Crippen LogP contribution is -2.24. The Morgan fingerprint density at radius 2 is 1.93 bits per heavy atom. The van der Waals surface area contributed by atoms with E-state index in [0.717, 1.165) is 0 Å². The zero-order valence-electron chi connectivity index (χ0n) is 14.7. The summed E-state index contributed by atoms with van der Waals surface area (Å²) in [4.78, 5) is 23.3. The molecule has 0 aliphatic heterocycles. The molecule has 3 aromatic rings. The molecule has 2 aromatic heterocycles. The van der Waals surface area contributed by atoms with Gasteiger partial charge in [0, 0.05) is 12.6 Å². The van der Waals surface area contributed by atoms with Crippen LogP contribution in [0.15, 0.2) is 58.2 Å². The number of hydrogen-bond donors (Lipinski definition) is 4. The maximum atomic E-state index is 12.6. The van der Waals surface area contributed by atoms with Crippen LogP contribution in [0.4, 0.5) is 11.4 Å². The van der Waals surface area contributed by atoms with Crippen LogP contribution in [0.2, 0.25) is 0 Å². The molecule has 0 unspecified atom stereocenters. The minimum Gasteiger partial charge on any atom is -0.467 e. The molecule has 0 bridgehead atoms. The lowest BCUT2D eigenvalue weighted by Gasteiger charge is -2.09. The quantitative estimate of drug-likeness (QED) is 0.472. The smallest absolute Gasteiger partial charge is 0.271 e. The van der Waals surface area contributed by atoms with E-state index in [9.17, 15) is 18.0 Å². The summed E-state index contributed by atoms with van der Waals surface area (Å²) in [6, 6.07) is 8.98. The molecule has 0 saturated heterocycles. The SMILES string of the molecule is CC(=O)Nc1ccc(S(=O)(=O)Nc2cn[nH]c2C(=O)NCc2ccco2)cc1. The molecule has 0 atom stereocenters. The monoisotopic (exact) mass is 403 g/mol. The third-order valence-electron chi connectivity index (χ3n) is 3.60. The number of aromatic nitrogens is 2. The summed E-state index contributed by atoms with van der Waals surface area (Å²) in [5.41, 5.74) is 0.431. The second-order valence-corrected chi connectivity index (χ2v) is 7.41. The van der Waals surface area contributed by atoms with Crippen molar-refractivity contribution in [1.29, 1.82) is 0 Å². The Morgan fingerprint density at radius 3 is 2.57 bits per heavy atom. The highest BCUT2D eigenvalue weighted by Crippen LogP contribution is 2.20. The van der Waals surface area contributed by atoms with Gasteiger partial charge in [-0.1, -0.05) is 0 Å². The van der Waals surface area contributed by atoms with Crippen LogP contribution in [0.5, 0.6) is 0 Å². The molecular weight excluding hydrogens is 386 g/mol. The van der Waals surface area contributed by atoms with Crippen LogP contribution in [-0.2, 0) is 21.4 Å². The predicted octanol–water partition coefficient (Wildman–Crippen LogP) is 1.69. The number of nitrogens with zero attached hydrogens (tertiary/aromatic N) is 1. The zero-order valence-corrected chi connectivity index (χ0v) is 15.5. The number of sulfonamides is 1. The van der Waals surface area contributed by atoms with Crippen molar-refractivity contribution >= 4 is 33.2 Å². The number of furan rings is 1. The summed E-state index contributed by atoms with van der Waals surface area (Å²) in [5, 5.41) is 11.4. The third kappa shape index (κ3) is 4.57. The van der Waals surface area contributed by atoms with Gasteiger partial charge in [-0.25, -0.2) is 8.42 Å². The summed E-state index contributed by atoms with van der Waals surface area (Å²) in [5.74, 6) is -0.265. The van der Waals surface area contributed by atoms with Gasteiger partial charge in [0.25, 0.3) is 15.9 Å². The minimum atomic E-state index is -3.96. The van der Waals surface area contributed by atoms with E-state index >= 15 is 0 Å². The Balaban J connectivity index is 1.71. The molecule has 0 aliphatic carbocycles. The Labute approximate surface area is 160 Å². The van der Waals surface area contributed by atoms with Crippen molar-refractivity contribution in [3.05, 3.63) is 60.3 Å². The van der Waals surface area contributed by atoms with Crippen molar-refractivity contribution in [2.75, 3.05) is 10.0 Å². The van der Waals surface area contributed by atoms with Gasteiger partial charge >= 0.3 is 0 Å². The van der Waals surface area contributed by atoms with Gasteiger partial charge in [-0.05, 0) is 36.4 Å². The predicted molar refractivity (Wildman–Crippen MR) is 100 cm³/mol. The van der Waals surface area contributed by atoms with Crippen molar-refractivity contribution in [3.8, 4) is 0 Å². The number of aromatic amines is 1. The van der Waals surface area contributed by atoms with Crippen molar-refractivity contribution in [2.45, 2.75) is 18.4 Å². The Hall–Kier alpha value is -3.60. The summed E-state index contributed by atoms with van der Waals surface area (Å²) < 4.78 is 32.6. The van der Waals surface area contributed by atoms with Gasteiger partial charge in [0.05, 0.1) is 29.6 Å². The van der Waals surface area contributed by atoms with E-state index in [1.54, 1.807) is 12.1 Å². The molecule has 0 saturated carbocycles. The first-order valence-corrected chi connectivity index (χ1v) is 9.58. The average molecular weight is 403 g/mol. The maximum absolute atomic E-state index is 12.6. The molecule has 3 rings (SSSR count). The molecule has 28 heavy (non-hydrogen) atoms. The highest BCUT2D eigenvalue weighted by atomic mass is 32.2. The summed E-state index contributed by atoms with van der Waals surface area (Å²) >= 11 is 0. The molecular formula is C17H17N5O5S. The van der Waals surface area contributed by atoms with Gasteiger partial charge in [0.15, 0.2) is 0 Å². The highest BCUT2D eigenvalue weighted by Gasteiger charge is 2.20. The third-order valence-corrected chi connectivity index (χ3v) is 4.98. The molecule has 4 N–H and O–H groups in total. The van der Waals surface area contributed by atoms with Crippen molar-refractivity contribution in [2.24, 2.45) is 0 Å². The molecule has 0 radical (unpaired) electrons. The van der Waals surface area contributed by atoms with E-state index in [1.165, 1.54) is 43.6 Å². The van der Waals surface area contributed by atoms with E-state index in [4.69, 9.17) is 4.42 Å². The molecule has 146 valence electrons. The van der Waals surface area contributed by atoms with E-state index < -0.39 is 15.9 Å². The van der Waals surface area contributed by atoms with Crippen molar-refractivity contribution in [3.63, 3.8) is 0 Å². The summed E-state index contributed by atoms with van der Waals surface area (Å²) in [7, 11) is -3.96. The van der Waals surface area contributed by atoms with E-state index in [0.29, 0.717) is 11.4 Å². The minimum absolute atomic E-state index is 0.00267. The number of H-pyrrole nitrogens is 1. The number of carbonyl (C=O) groups excluding carboxylic acids is 2. The number of carbonyl (C=O) groups is 2. The van der Waals surface area contributed by atoms with Crippen LogP contribution in [0.25, 0.3) is 0 Å². The molecule has 0 fully saturated rings. The Kier molecular flexibility index (Phi) is 5.45. The van der Waals surface area contributed by atoms with Gasteiger partial charge in [-0.2, -0.15) is 5.10 Å². The molecule has 0 spiro atoms. The van der Waals surface area contributed by atoms with E-state index in [2.05, 4.69) is 25.6 Å². The first-order chi connectivity index (χ1) is 13.3. The van der Waals surface area contributed by atoms with Crippen molar-refractivity contribution in [1.82, 2.24) is 15.5 Å². The topological polar surface area (TPSA) is 146 Å². The molecule has 11 heteroatoms. The first kappa shape index (κ1) is 19.2. The lowest BCUT2D eigenvalue weighted by atomic mass is 10.3. The fraction of sp³-hybridized carbons (Fsp3) is 0.118. The van der Waals surface area contributed by atoms with Crippen LogP contribution < -0.4 is 15.4 Å². The first-order valence-electron chi connectivity index (χ1n) is 8.09. The fourth-order valence-electron chi connectivity index (χ4n) is 2.33. The number of nitrogens with one attached hydrogen (secondary N) is 4. The van der Waals surface area contributed by atoms with Gasteiger partial charge in [0.1, 0.15) is 11.5 Å². The van der Waals surface area contributed by atoms with E-state index in [1.807, 2.05) is 0 Å². The maximum Gasteiger partial charge on any atom is 0.271 e. The normalized spacial score (nSPS) is 11.0. The molecule has 1 aromatic carbocycles. The molecule has 2 heterocycles. The van der Waals surface area contributed by atoms with Crippen LogP contribution in [0.1, 0.15) is 23.2 Å². The lowest BCUT2D eigenvalue weighted by molar-refractivity contribution is -0.114. The molecule has 0 aliphatic rings. The number of rotatable bonds is 7. The Bertz CT molecular complexity index is 1070. The van der Waals surface area contributed by atoms with Gasteiger partial charge in [-0.3, -0.25) is 19.4 Å². The van der Waals surface area contributed by atoms with Gasteiger partial charge in [-0.15, -0.1) is 0 Å². The van der Waals surface area contributed by atoms with Crippen molar-refractivity contribution < 1.29 is 22.4 Å². The zero-order chi connectivity index (χ0) is 20.1. The van der Waals surface area contributed by atoms with Crippen LogP contribution in [0.3, 0.4) is 0 Å². The number of amides is 2. The second kappa shape index (κ2) is 7.96. The second-order valence-electron chi connectivity index (χ2n) is 5.73. The number of benzene rings is 1. The summed E-state index contributed by atoms with van der Waals surface area (Å²) in [6.07, 6.45) is 2.68. The van der Waals surface area contributed by atoms with Crippen LogP contribution in [-0.4, -0.2) is 30.4 Å². The number of hydrogen-bond acceptors (Lipinski definition) is 6. The molecule has 2 amide bonds. The Morgan fingerprint density at radius 1 is 1.18 bits per heavy atom. The summed E-state index contributed by atoms with van der Waals surface area (Å²) in [6.45, 7) is 1.49. The molecule has 10 nitrogen and oxygen atoms in total. The van der Waals surface area contributed by atoms with Crippen LogP contribution in [0, 0.1) is 0 Å². The average Bonchev–Trinajstić information content (AvgIpc) is 3.31. The standard InChI is InChI=1S/C17H17N5O5S/c1-11(23)20-12-4-6-14(7-5-12)28(25,26)22-15-10-19-21-16(15)17(24)18-9-13-3-2-8-27-13/h2-8,10,22H,9H2,1H3,(H,18,24)(H,19,21)(H,20,23). The van der Waals surface area contributed by atoms with Crippen LogP contribution >= 0.6 is 0 Å². The van der Waals surface area contributed by atoms with E-state index in [-0.39, 0.29) is 28.7 Å². The highest BCUT2D eigenvalue weighted by molar-refractivity contribution is 7.92. The van der Waals surface area contributed by atoms with Gasteiger partial charge < -0.3 is 15.1 Å². The number of anilines is 2. The largest absolute Gasteiger partial charge is 0.467 e.